The second kappa shape index (κ2) is 7.28. The minimum absolute atomic E-state index is 0.183. The smallest absolute Gasteiger partial charge is 0.222 e. The minimum atomic E-state index is 0.183. The fraction of sp³-hybridized carbons (Fsp3) is 0.917. The van der Waals surface area contributed by atoms with E-state index in [-0.39, 0.29) is 12.1 Å². The molecular weight excluding hydrogens is 270 g/mol. The fourth-order valence-electron chi connectivity index (χ4n) is 2.00. The predicted molar refractivity (Wildman–Crippen MR) is 68.9 cm³/mol. The van der Waals surface area contributed by atoms with Crippen LogP contribution in [0.4, 0.5) is 0 Å². The molecule has 1 saturated heterocycles. The van der Waals surface area contributed by atoms with Crippen LogP contribution >= 0.6 is 15.9 Å². The average molecular weight is 292 g/mol. The molecule has 2 atom stereocenters. The molecule has 0 spiro atoms. The molecule has 0 radical (unpaired) electrons. The first kappa shape index (κ1) is 14.0. The molecule has 0 aromatic heterocycles. The summed E-state index contributed by atoms with van der Waals surface area (Å²) < 4.78 is 5.59. The van der Waals surface area contributed by atoms with Crippen LogP contribution in [0.25, 0.3) is 0 Å². The Hall–Kier alpha value is -0.0900. The molecule has 1 fully saturated rings. The van der Waals surface area contributed by atoms with Crippen molar-refractivity contribution in [2.24, 2.45) is 0 Å². The van der Waals surface area contributed by atoms with Gasteiger partial charge in [0.15, 0.2) is 0 Å². The number of hydrogen-bond acceptors (Lipinski definition) is 2. The van der Waals surface area contributed by atoms with E-state index in [1.165, 1.54) is 0 Å². The van der Waals surface area contributed by atoms with Gasteiger partial charge in [0.1, 0.15) is 0 Å². The molecule has 2 unspecified atom stereocenters. The predicted octanol–water partition coefficient (Wildman–Crippen LogP) is 2.58. The zero-order chi connectivity index (χ0) is 12.0. The summed E-state index contributed by atoms with van der Waals surface area (Å²) >= 11 is 3.39. The molecule has 0 saturated carbocycles. The van der Waals surface area contributed by atoms with Crippen LogP contribution in [0.5, 0.6) is 0 Å². The van der Waals surface area contributed by atoms with E-state index in [0.717, 1.165) is 31.1 Å². The highest BCUT2D eigenvalue weighted by molar-refractivity contribution is 9.09. The van der Waals surface area contributed by atoms with E-state index in [1.54, 1.807) is 0 Å². The molecule has 1 rings (SSSR count). The van der Waals surface area contributed by atoms with E-state index in [0.29, 0.717) is 18.9 Å². The van der Waals surface area contributed by atoms with Crippen molar-refractivity contribution in [1.29, 1.82) is 0 Å². The summed E-state index contributed by atoms with van der Waals surface area (Å²) in [6, 6.07) is 0.285. The highest BCUT2D eigenvalue weighted by Gasteiger charge is 2.28. The maximum absolute atomic E-state index is 12.0. The van der Waals surface area contributed by atoms with Gasteiger partial charge in [0.2, 0.25) is 5.91 Å². The van der Waals surface area contributed by atoms with Gasteiger partial charge in [-0.05, 0) is 26.2 Å². The first-order chi connectivity index (χ1) is 7.69. The lowest BCUT2D eigenvalue weighted by Crippen LogP contribution is -2.51. The SMILES string of the molecule is CCC1COC(C)CN1C(=O)CCCCBr. The minimum Gasteiger partial charge on any atom is -0.375 e. The summed E-state index contributed by atoms with van der Waals surface area (Å²) in [7, 11) is 0. The van der Waals surface area contributed by atoms with Gasteiger partial charge in [0.05, 0.1) is 18.8 Å². The normalized spacial score (nSPS) is 25.8. The van der Waals surface area contributed by atoms with Crippen molar-refractivity contribution >= 4 is 21.8 Å². The van der Waals surface area contributed by atoms with Crippen molar-refractivity contribution in [1.82, 2.24) is 4.90 Å². The van der Waals surface area contributed by atoms with Crippen molar-refractivity contribution in [3.05, 3.63) is 0 Å². The van der Waals surface area contributed by atoms with Gasteiger partial charge in [-0.1, -0.05) is 22.9 Å². The number of alkyl halides is 1. The highest BCUT2D eigenvalue weighted by Crippen LogP contribution is 2.16. The van der Waals surface area contributed by atoms with E-state index in [4.69, 9.17) is 4.74 Å². The number of nitrogens with zero attached hydrogens (tertiary/aromatic N) is 1. The van der Waals surface area contributed by atoms with Crippen LogP contribution in [0.15, 0.2) is 0 Å². The number of halogens is 1. The number of carbonyl (C=O) groups is 1. The summed E-state index contributed by atoms with van der Waals surface area (Å²) in [6.07, 6.45) is 3.89. The summed E-state index contributed by atoms with van der Waals surface area (Å²) in [4.78, 5) is 14.1. The second-order valence-electron chi connectivity index (χ2n) is 4.40. The Kier molecular flexibility index (Phi) is 6.36. The van der Waals surface area contributed by atoms with Crippen molar-refractivity contribution in [2.75, 3.05) is 18.5 Å². The fourth-order valence-corrected chi connectivity index (χ4v) is 2.40. The lowest BCUT2D eigenvalue weighted by Gasteiger charge is -2.38. The Morgan fingerprint density at radius 1 is 1.50 bits per heavy atom. The van der Waals surface area contributed by atoms with Gasteiger partial charge in [-0.2, -0.15) is 0 Å². The molecule has 1 aliphatic rings. The number of hydrogen-bond donors (Lipinski definition) is 0. The van der Waals surface area contributed by atoms with Crippen molar-refractivity contribution in [3.8, 4) is 0 Å². The molecule has 3 nitrogen and oxygen atoms in total. The Morgan fingerprint density at radius 3 is 2.88 bits per heavy atom. The van der Waals surface area contributed by atoms with Crippen LogP contribution in [-0.4, -0.2) is 41.4 Å². The van der Waals surface area contributed by atoms with E-state index >= 15 is 0 Å². The molecule has 94 valence electrons. The first-order valence-electron chi connectivity index (χ1n) is 6.16. The van der Waals surface area contributed by atoms with Crippen molar-refractivity contribution in [2.45, 2.75) is 51.7 Å². The van der Waals surface area contributed by atoms with Crippen LogP contribution < -0.4 is 0 Å². The van der Waals surface area contributed by atoms with E-state index in [1.807, 2.05) is 11.8 Å². The van der Waals surface area contributed by atoms with Gasteiger partial charge in [-0.3, -0.25) is 4.79 Å². The van der Waals surface area contributed by atoms with E-state index in [9.17, 15) is 4.79 Å². The Bertz CT molecular complexity index is 223. The van der Waals surface area contributed by atoms with Gasteiger partial charge in [0.25, 0.3) is 0 Å². The largest absolute Gasteiger partial charge is 0.375 e. The molecule has 1 aliphatic heterocycles. The Labute approximate surface area is 107 Å². The zero-order valence-electron chi connectivity index (χ0n) is 10.2. The molecule has 4 heteroatoms. The lowest BCUT2D eigenvalue weighted by molar-refractivity contribution is -0.144. The second-order valence-corrected chi connectivity index (χ2v) is 5.19. The topological polar surface area (TPSA) is 29.5 Å². The molecule has 0 N–H and O–H groups in total. The van der Waals surface area contributed by atoms with Crippen LogP contribution in [-0.2, 0) is 9.53 Å². The number of rotatable bonds is 5. The zero-order valence-corrected chi connectivity index (χ0v) is 11.8. The third-order valence-corrected chi connectivity index (χ3v) is 3.59. The number of carbonyl (C=O) groups excluding carboxylic acids is 1. The number of amides is 1. The summed E-state index contributed by atoms with van der Waals surface area (Å²) in [6.45, 7) is 5.60. The standard InChI is InChI=1S/C12H22BrNO2/c1-3-11-9-16-10(2)8-14(11)12(15)6-4-5-7-13/h10-11H,3-9H2,1-2H3. The number of morpholine rings is 1. The molecule has 1 heterocycles. The third-order valence-electron chi connectivity index (χ3n) is 3.03. The lowest BCUT2D eigenvalue weighted by atomic mass is 10.1. The van der Waals surface area contributed by atoms with E-state index < -0.39 is 0 Å². The summed E-state index contributed by atoms with van der Waals surface area (Å²) in [5.74, 6) is 0.294. The van der Waals surface area contributed by atoms with Gasteiger partial charge in [-0.25, -0.2) is 0 Å². The molecule has 1 amide bonds. The molecule has 0 aromatic rings. The third kappa shape index (κ3) is 4.06. The van der Waals surface area contributed by atoms with Gasteiger partial charge in [0, 0.05) is 18.3 Å². The van der Waals surface area contributed by atoms with Gasteiger partial charge >= 0.3 is 0 Å². The quantitative estimate of drug-likeness (QED) is 0.576. The monoisotopic (exact) mass is 291 g/mol. The summed E-state index contributed by atoms with van der Waals surface area (Å²) in [5.41, 5.74) is 0. The number of unbranched alkanes of at least 4 members (excludes halogenated alkanes) is 1. The Balaban J connectivity index is 2.43. The molecule has 0 bridgehead atoms. The average Bonchev–Trinajstić information content (AvgIpc) is 2.29. The van der Waals surface area contributed by atoms with Crippen LogP contribution in [0.2, 0.25) is 0 Å². The van der Waals surface area contributed by atoms with Crippen molar-refractivity contribution < 1.29 is 9.53 Å². The molecule has 0 aliphatic carbocycles. The van der Waals surface area contributed by atoms with Gasteiger partial charge < -0.3 is 9.64 Å². The maximum atomic E-state index is 12.0. The molecule has 0 aromatic carbocycles. The maximum Gasteiger partial charge on any atom is 0.222 e. The Morgan fingerprint density at radius 2 is 2.25 bits per heavy atom. The van der Waals surface area contributed by atoms with Gasteiger partial charge in [-0.15, -0.1) is 0 Å². The van der Waals surface area contributed by atoms with Crippen molar-refractivity contribution in [3.63, 3.8) is 0 Å². The first-order valence-corrected chi connectivity index (χ1v) is 7.28. The van der Waals surface area contributed by atoms with Crippen LogP contribution in [0, 0.1) is 0 Å². The molecule has 16 heavy (non-hydrogen) atoms. The number of ether oxygens (including phenoxy) is 1. The summed E-state index contributed by atoms with van der Waals surface area (Å²) in [5, 5.41) is 0.983. The van der Waals surface area contributed by atoms with E-state index in [2.05, 4.69) is 22.9 Å². The van der Waals surface area contributed by atoms with Crippen LogP contribution in [0.1, 0.15) is 39.5 Å². The highest BCUT2D eigenvalue weighted by atomic mass is 79.9. The molecular formula is C12H22BrNO2. The van der Waals surface area contributed by atoms with Crippen LogP contribution in [0.3, 0.4) is 0 Å².